The van der Waals surface area contributed by atoms with Gasteiger partial charge in [-0.15, -0.1) is 0 Å². The molecule has 0 saturated heterocycles. The van der Waals surface area contributed by atoms with E-state index in [9.17, 15) is 17.6 Å². The van der Waals surface area contributed by atoms with Crippen molar-refractivity contribution in [1.29, 1.82) is 0 Å². The summed E-state index contributed by atoms with van der Waals surface area (Å²) in [5.41, 5.74) is 0.236. The van der Waals surface area contributed by atoms with Crippen molar-refractivity contribution in [2.24, 2.45) is 5.92 Å². The fraction of sp³-hybridized carbons (Fsp3) is 0.500. The van der Waals surface area contributed by atoms with E-state index in [1.807, 2.05) is 13.8 Å². The van der Waals surface area contributed by atoms with Crippen LogP contribution in [0.4, 0.5) is 4.39 Å². The second-order valence-electron chi connectivity index (χ2n) is 5.32. The van der Waals surface area contributed by atoms with Crippen LogP contribution < -0.4 is 5.32 Å². The van der Waals surface area contributed by atoms with Crippen molar-refractivity contribution in [3.8, 4) is 0 Å². The van der Waals surface area contributed by atoms with E-state index in [1.54, 1.807) is 6.07 Å². The maximum atomic E-state index is 13.6. The van der Waals surface area contributed by atoms with Crippen LogP contribution in [-0.2, 0) is 21.4 Å². The molecule has 118 valence electrons. The third-order valence-corrected chi connectivity index (χ3v) is 4.00. The Hall–Kier alpha value is -1.47. The molecule has 1 rings (SSSR count). The molecular weight excluding hydrogens is 295 g/mol. The molecule has 0 aliphatic heterocycles. The Morgan fingerprint density at radius 1 is 1.33 bits per heavy atom. The zero-order valence-electron chi connectivity index (χ0n) is 12.5. The van der Waals surface area contributed by atoms with Gasteiger partial charge in [-0.3, -0.25) is 4.79 Å². The molecule has 7 heteroatoms. The van der Waals surface area contributed by atoms with Gasteiger partial charge in [0.2, 0.25) is 15.9 Å². The average molecular weight is 316 g/mol. The summed E-state index contributed by atoms with van der Waals surface area (Å²) in [5, 5.41) is 2.65. The van der Waals surface area contributed by atoms with Crippen molar-refractivity contribution in [3.63, 3.8) is 0 Å². The standard InChI is InChI=1S/C14H21FN2O3S/c1-11(2)8-16-14(18)10-17(21(3,19)20)9-12-6-4-5-7-13(12)15/h4-7,11H,8-10H2,1-3H3,(H,16,18). The van der Waals surface area contributed by atoms with Gasteiger partial charge in [0.15, 0.2) is 0 Å². The van der Waals surface area contributed by atoms with Crippen LogP contribution in [0.3, 0.4) is 0 Å². The van der Waals surface area contributed by atoms with Gasteiger partial charge in [-0.2, -0.15) is 4.31 Å². The Bertz CT molecular complexity index is 588. The van der Waals surface area contributed by atoms with Crippen molar-refractivity contribution in [3.05, 3.63) is 35.6 Å². The van der Waals surface area contributed by atoms with Gasteiger partial charge in [0.25, 0.3) is 0 Å². The molecule has 1 aromatic carbocycles. The Labute approximate surface area is 125 Å². The number of carbonyl (C=O) groups excluding carboxylic acids is 1. The number of hydrogen-bond donors (Lipinski definition) is 1. The number of rotatable bonds is 7. The van der Waals surface area contributed by atoms with E-state index in [4.69, 9.17) is 0 Å². The molecular formula is C14H21FN2O3S. The molecule has 1 N–H and O–H groups in total. The lowest BCUT2D eigenvalue weighted by molar-refractivity contribution is -0.121. The van der Waals surface area contributed by atoms with E-state index in [0.29, 0.717) is 6.54 Å². The minimum absolute atomic E-state index is 0.166. The van der Waals surface area contributed by atoms with E-state index in [2.05, 4.69) is 5.32 Å². The van der Waals surface area contributed by atoms with Crippen molar-refractivity contribution in [2.75, 3.05) is 19.3 Å². The molecule has 0 atom stereocenters. The summed E-state index contributed by atoms with van der Waals surface area (Å²) in [6, 6.07) is 5.91. The number of nitrogens with one attached hydrogen (secondary N) is 1. The molecule has 0 saturated carbocycles. The fourth-order valence-corrected chi connectivity index (χ4v) is 2.37. The van der Waals surface area contributed by atoms with Crippen LogP contribution in [0.2, 0.25) is 0 Å². The molecule has 0 spiro atoms. The molecule has 0 aliphatic carbocycles. The largest absolute Gasteiger partial charge is 0.355 e. The first-order valence-corrected chi connectivity index (χ1v) is 8.50. The van der Waals surface area contributed by atoms with E-state index in [-0.39, 0.29) is 24.6 Å². The van der Waals surface area contributed by atoms with Gasteiger partial charge in [-0.05, 0) is 12.0 Å². The van der Waals surface area contributed by atoms with E-state index >= 15 is 0 Å². The molecule has 0 aliphatic rings. The first kappa shape index (κ1) is 17.6. The number of halogens is 1. The predicted octanol–water partition coefficient (Wildman–Crippen LogP) is 1.36. The lowest BCUT2D eigenvalue weighted by atomic mass is 10.2. The minimum Gasteiger partial charge on any atom is -0.355 e. The Balaban J connectivity index is 2.79. The van der Waals surface area contributed by atoms with Gasteiger partial charge < -0.3 is 5.32 Å². The lowest BCUT2D eigenvalue weighted by Gasteiger charge is -2.20. The van der Waals surface area contributed by atoms with Gasteiger partial charge >= 0.3 is 0 Å². The maximum Gasteiger partial charge on any atom is 0.235 e. The highest BCUT2D eigenvalue weighted by molar-refractivity contribution is 7.88. The third-order valence-electron chi connectivity index (χ3n) is 2.80. The molecule has 0 heterocycles. The first-order valence-electron chi connectivity index (χ1n) is 6.65. The second kappa shape index (κ2) is 7.51. The molecule has 5 nitrogen and oxygen atoms in total. The van der Waals surface area contributed by atoms with Crippen LogP contribution in [0, 0.1) is 11.7 Å². The van der Waals surface area contributed by atoms with Crippen LogP contribution in [0.25, 0.3) is 0 Å². The third kappa shape index (κ3) is 6.22. The number of nitrogens with zero attached hydrogens (tertiary/aromatic N) is 1. The quantitative estimate of drug-likeness (QED) is 0.826. The fourth-order valence-electron chi connectivity index (χ4n) is 1.64. The van der Waals surface area contributed by atoms with Crippen molar-refractivity contribution in [1.82, 2.24) is 9.62 Å². The highest BCUT2D eigenvalue weighted by Gasteiger charge is 2.21. The molecule has 0 unspecified atom stereocenters. The molecule has 1 amide bonds. The van der Waals surface area contributed by atoms with Gasteiger partial charge in [0.1, 0.15) is 5.82 Å². The number of carbonyl (C=O) groups is 1. The van der Waals surface area contributed by atoms with Gasteiger partial charge in [0.05, 0.1) is 12.8 Å². The highest BCUT2D eigenvalue weighted by atomic mass is 32.2. The summed E-state index contributed by atoms with van der Waals surface area (Å²) in [4.78, 5) is 11.8. The minimum atomic E-state index is -3.61. The Morgan fingerprint density at radius 2 is 1.95 bits per heavy atom. The normalized spacial score (nSPS) is 11.9. The zero-order chi connectivity index (χ0) is 16.0. The summed E-state index contributed by atoms with van der Waals surface area (Å²) >= 11 is 0. The number of benzene rings is 1. The molecule has 0 fully saturated rings. The summed E-state index contributed by atoms with van der Waals surface area (Å²) in [6.45, 7) is 3.86. The monoisotopic (exact) mass is 316 g/mol. The topological polar surface area (TPSA) is 66.5 Å². The Kier molecular flexibility index (Phi) is 6.29. The SMILES string of the molecule is CC(C)CNC(=O)CN(Cc1ccccc1F)S(C)(=O)=O. The molecule has 21 heavy (non-hydrogen) atoms. The van der Waals surface area contributed by atoms with Crippen molar-refractivity contribution < 1.29 is 17.6 Å². The number of hydrogen-bond acceptors (Lipinski definition) is 3. The lowest BCUT2D eigenvalue weighted by Crippen LogP contribution is -2.40. The summed E-state index contributed by atoms with van der Waals surface area (Å²) in [6.07, 6.45) is 1.00. The summed E-state index contributed by atoms with van der Waals surface area (Å²) in [7, 11) is -3.61. The van der Waals surface area contributed by atoms with Crippen LogP contribution in [0.5, 0.6) is 0 Å². The second-order valence-corrected chi connectivity index (χ2v) is 7.30. The van der Waals surface area contributed by atoms with E-state index in [0.717, 1.165) is 10.6 Å². The first-order chi connectivity index (χ1) is 9.70. The van der Waals surface area contributed by atoms with Crippen LogP contribution in [0.15, 0.2) is 24.3 Å². The smallest absolute Gasteiger partial charge is 0.235 e. The van der Waals surface area contributed by atoms with Crippen LogP contribution >= 0.6 is 0 Å². The predicted molar refractivity (Wildman–Crippen MR) is 79.5 cm³/mol. The van der Waals surface area contributed by atoms with E-state index in [1.165, 1.54) is 18.2 Å². The van der Waals surface area contributed by atoms with Gasteiger partial charge in [0, 0.05) is 18.7 Å². The Morgan fingerprint density at radius 3 is 2.48 bits per heavy atom. The molecule has 0 bridgehead atoms. The van der Waals surface area contributed by atoms with Crippen LogP contribution in [0.1, 0.15) is 19.4 Å². The summed E-state index contributed by atoms with van der Waals surface area (Å²) < 4.78 is 38.1. The average Bonchev–Trinajstić information content (AvgIpc) is 2.37. The molecule has 0 radical (unpaired) electrons. The number of sulfonamides is 1. The summed E-state index contributed by atoms with van der Waals surface area (Å²) in [5.74, 6) is -0.619. The number of amides is 1. The maximum absolute atomic E-state index is 13.6. The van der Waals surface area contributed by atoms with Crippen LogP contribution in [-0.4, -0.2) is 38.0 Å². The highest BCUT2D eigenvalue weighted by Crippen LogP contribution is 2.12. The van der Waals surface area contributed by atoms with Crippen molar-refractivity contribution in [2.45, 2.75) is 20.4 Å². The molecule has 0 aromatic heterocycles. The molecule has 1 aromatic rings. The van der Waals surface area contributed by atoms with Gasteiger partial charge in [-0.25, -0.2) is 12.8 Å². The van der Waals surface area contributed by atoms with E-state index < -0.39 is 21.7 Å². The zero-order valence-corrected chi connectivity index (χ0v) is 13.3. The van der Waals surface area contributed by atoms with Gasteiger partial charge in [-0.1, -0.05) is 32.0 Å². The van der Waals surface area contributed by atoms with Crippen molar-refractivity contribution >= 4 is 15.9 Å².